The molecule has 6 heterocycles. The smallest absolute Gasteiger partial charge is 0.159 e. The van der Waals surface area contributed by atoms with Crippen molar-refractivity contribution < 1.29 is 0 Å². The number of aromatic amines is 2. The zero-order chi connectivity index (χ0) is 24.8. The molecule has 7 rings (SSSR count). The fourth-order valence-electron chi connectivity index (χ4n) is 5.25. The van der Waals surface area contributed by atoms with Crippen molar-refractivity contribution >= 4 is 21.9 Å². The van der Waals surface area contributed by atoms with Crippen LogP contribution in [0.25, 0.3) is 50.3 Å². The molecule has 37 heavy (non-hydrogen) atoms. The van der Waals surface area contributed by atoms with Crippen molar-refractivity contribution in [2.75, 3.05) is 13.1 Å². The SMILES string of the molecule is Cc1cn(-c2cncc3[nH]c(-c4n[nH]c5ccc(-c6cncc(CN7CCCCC7)c6)cc45)nc23)cn1. The summed E-state index contributed by atoms with van der Waals surface area (Å²) in [6.45, 7) is 5.26. The van der Waals surface area contributed by atoms with Gasteiger partial charge < -0.3 is 9.55 Å². The molecule has 0 bridgehead atoms. The first-order chi connectivity index (χ1) is 18.2. The van der Waals surface area contributed by atoms with Gasteiger partial charge in [0.15, 0.2) is 5.82 Å². The number of aryl methyl sites for hydroxylation is 1. The summed E-state index contributed by atoms with van der Waals surface area (Å²) in [5.41, 5.74) is 8.68. The summed E-state index contributed by atoms with van der Waals surface area (Å²) in [7, 11) is 0. The number of imidazole rings is 2. The monoisotopic (exact) mass is 489 g/mol. The summed E-state index contributed by atoms with van der Waals surface area (Å²) in [6.07, 6.45) is 15.2. The number of pyridine rings is 2. The van der Waals surface area contributed by atoms with E-state index in [4.69, 9.17) is 4.98 Å². The molecule has 6 aromatic rings. The van der Waals surface area contributed by atoms with Crippen LogP contribution in [-0.4, -0.2) is 57.7 Å². The largest absolute Gasteiger partial charge is 0.335 e. The van der Waals surface area contributed by atoms with Crippen molar-refractivity contribution in [1.29, 1.82) is 0 Å². The van der Waals surface area contributed by atoms with Gasteiger partial charge in [-0.05, 0) is 62.2 Å². The number of hydrogen-bond acceptors (Lipinski definition) is 6. The highest BCUT2D eigenvalue weighted by Crippen LogP contribution is 2.31. The van der Waals surface area contributed by atoms with Crippen LogP contribution in [0.3, 0.4) is 0 Å². The quantitative estimate of drug-likeness (QED) is 0.351. The molecule has 0 saturated carbocycles. The molecule has 0 unspecified atom stereocenters. The molecular weight excluding hydrogens is 462 g/mol. The van der Waals surface area contributed by atoms with E-state index in [-0.39, 0.29) is 0 Å². The van der Waals surface area contributed by atoms with Gasteiger partial charge in [0.1, 0.15) is 11.2 Å². The lowest BCUT2D eigenvalue weighted by molar-refractivity contribution is 0.220. The number of benzene rings is 1. The minimum atomic E-state index is 0.696. The Labute approximate surface area is 213 Å². The second-order valence-electron chi connectivity index (χ2n) is 9.81. The highest BCUT2D eigenvalue weighted by Gasteiger charge is 2.17. The van der Waals surface area contributed by atoms with Crippen LogP contribution in [0.15, 0.2) is 61.6 Å². The van der Waals surface area contributed by atoms with Crippen LogP contribution in [0.4, 0.5) is 0 Å². The molecule has 0 spiro atoms. The van der Waals surface area contributed by atoms with Crippen LogP contribution in [0.5, 0.6) is 0 Å². The van der Waals surface area contributed by atoms with Crippen LogP contribution in [0, 0.1) is 6.92 Å². The third kappa shape index (κ3) is 4.07. The Morgan fingerprint density at radius 1 is 0.919 bits per heavy atom. The van der Waals surface area contributed by atoms with Gasteiger partial charge in [0, 0.05) is 36.1 Å². The molecule has 1 aliphatic heterocycles. The van der Waals surface area contributed by atoms with E-state index in [2.05, 4.69) is 59.3 Å². The lowest BCUT2D eigenvalue weighted by Crippen LogP contribution is -2.29. The molecule has 1 fully saturated rings. The molecule has 1 aromatic carbocycles. The number of likely N-dealkylation sites (tertiary alicyclic amines) is 1. The molecule has 1 saturated heterocycles. The zero-order valence-electron chi connectivity index (χ0n) is 20.6. The molecule has 0 aliphatic carbocycles. The van der Waals surface area contributed by atoms with E-state index < -0.39 is 0 Å². The van der Waals surface area contributed by atoms with Crippen molar-refractivity contribution in [2.24, 2.45) is 0 Å². The van der Waals surface area contributed by atoms with Crippen LogP contribution < -0.4 is 0 Å². The van der Waals surface area contributed by atoms with Crippen molar-refractivity contribution in [1.82, 2.24) is 44.6 Å². The molecule has 2 N–H and O–H groups in total. The molecular formula is C28H27N9. The van der Waals surface area contributed by atoms with Crippen molar-refractivity contribution in [3.05, 3.63) is 72.8 Å². The van der Waals surface area contributed by atoms with Crippen molar-refractivity contribution in [2.45, 2.75) is 32.7 Å². The third-order valence-corrected chi connectivity index (χ3v) is 7.13. The third-order valence-electron chi connectivity index (χ3n) is 7.13. The van der Waals surface area contributed by atoms with Gasteiger partial charge in [-0.2, -0.15) is 5.10 Å². The lowest BCUT2D eigenvalue weighted by Gasteiger charge is -2.26. The number of rotatable bonds is 5. The van der Waals surface area contributed by atoms with E-state index >= 15 is 0 Å². The van der Waals surface area contributed by atoms with Gasteiger partial charge in [0.05, 0.1) is 41.1 Å². The van der Waals surface area contributed by atoms with Crippen LogP contribution in [0.2, 0.25) is 0 Å². The summed E-state index contributed by atoms with van der Waals surface area (Å²) < 4.78 is 1.94. The Kier molecular flexibility index (Phi) is 5.28. The van der Waals surface area contributed by atoms with Gasteiger partial charge in [-0.15, -0.1) is 0 Å². The number of nitrogens with one attached hydrogen (secondary N) is 2. The first-order valence-electron chi connectivity index (χ1n) is 12.7. The number of piperidine rings is 1. The Morgan fingerprint density at radius 3 is 2.68 bits per heavy atom. The van der Waals surface area contributed by atoms with E-state index in [1.165, 1.54) is 37.9 Å². The van der Waals surface area contributed by atoms with Crippen molar-refractivity contribution in [3.63, 3.8) is 0 Å². The lowest BCUT2D eigenvalue weighted by atomic mass is 10.0. The molecule has 9 nitrogen and oxygen atoms in total. The summed E-state index contributed by atoms with van der Waals surface area (Å²) in [5.74, 6) is 0.696. The molecule has 5 aromatic heterocycles. The van der Waals surface area contributed by atoms with Gasteiger partial charge in [0.2, 0.25) is 0 Å². The van der Waals surface area contributed by atoms with E-state index in [1.54, 1.807) is 18.7 Å². The summed E-state index contributed by atoms with van der Waals surface area (Å²) in [6, 6.07) is 8.62. The summed E-state index contributed by atoms with van der Waals surface area (Å²) in [5, 5.41) is 8.78. The first kappa shape index (κ1) is 21.9. The maximum absolute atomic E-state index is 4.93. The highest BCUT2D eigenvalue weighted by molar-refractivity contribution is 5.96. The topological polar surface area (TPSA) is 104 Å². The first-order valence-corrected chi connectivity index (χ1v) is 12.7. The molecule has 9 heteroatoms. The van der Waals surface area contributed by atoms with Crippen LogP contribution in [-0.2, 0) is 6.54 Å². The Hall–Kier alpha value is -4.37. The molecule has 184 valence electrons. The Bertz CT molecular complexity index is 1720. The minimum Gasteiger partial charge on any atom is -0.335 e. The number of hydrogen-bond donors (Lipinski definition) is 2. The Morgan fingerprint density at radius 2 is 1.81 bits per heavy atom. The predicted molar refractivity (Wildman–Crippen MR) is 143 cm³/mol. The van der Waals surface area contributed by atoms with Crippen LogP contribution >= 0.6 is 0 Å². The minimum absolute atomic E-state index is 0.696. The number of H-pyrrole nitrogens is 2. The average molecular weight is 490 g/mol. The van der Waals surface area contributed by atoms with E-state index in [0.717, 1.165) is 56.7 Å². The van der Waals surface area contributed by atoms with E-state index in [1.807, 2.05) is 30.1 Å². The maximum atomic E-state index is 4.93. The summed E-state index contributed by atoms with van der Waals surface area (Å²) in [4.78, 5) is 24.2. The molecule has 0 amide bonds. The van der Waals surface area contributed by atoms with Gasteiger partial charge >= 0.3 is 0 Å². The second kappa shape index (κ2) is 8.94. The normalized spacial score (nSPS) is 14.6. The number of aromatic nitrogens is 8. The molecule has 0 atom stereocenters. The second-order valence-corrected chi connectivity index (χ2v) is 9.81. The fourth-order valence-corrected chi connectivity index (χ4v) is 5.25. The molecule has 1 aliphatic rings. The van der Waals surface area contributed by atoms with E-state index in [9.17, 15) is 0 Å². The number of fused-ring (bicyclic) bond motifs is 2. The van der Waals surface area contributed by atoms with Gasteiger partial charge in [-0.1, -0.05) is 12.5 Å². The summed E-state index contributed by atoms with van der Waals surface area (Å²) >= 11 is 0. The number of nitrogens with zero attached hydrogens (tertiary/aromatic N) is 7. The van der Waals surface area contributed by atoms with Crippen LogP contribution in [0.1, 0.15) is 30.5 Å². The van der Waals surface area contributed by atoms with Gasteiger partial charge in [-0.3, -0.25) is 20.0 Å². The maximum Gasteiger partial charge on any atom is 0.159 e. The fraction of sp³-hybridized carbons (Fsp3) is 0.250. The highest BCUT2D eigenvalue weighted by atomic mass is 15.1. The molecule has 0 radical (unpaired) electrons. The average Bonchev–Trinajstić information content (AvgIpc) is 3.66. The zero-order valence-corrected chi connectivity index (χ0v) is 20.6. The predicted octanol–water partition coefficient (Wildman–Crippen LogP) is 5.04. The van der Waals surface area contributed by atoms with Gasteiger partial charge in [0.25, 0.3) is 0 Å². The Balaban J connectivity index is 1.26. The van der Waals surface area contributed by atoms with E-state index in [0.29, 0.717) is 5.82 Å². The standard InChI is InChI=1S/C28H27N9/c1-18-15-37(17-31-18)25-14-30-13-24-27(25)33-28(32-24)26-22-10-20(5-6-23(22)34-35-26)21-9-19(11-29-12-21)16-36-7-3-2-4-8-36/h5-6,9-15,17H,2-4,7-8,16H2,1H3,(H,32,33)(H,34,35). The van der Waals surface area contributed by atoms with Gasteiger partial charge in [-0.25, -0.2) is 9.97 Å². The van der Waals surface area contributed by atoms with Crippen molar-refractivity contribution in [3.8, 4) is 28.3 Å².